The molecule has 2 aromatic carbocycles. The molecule has 2 aromatic rings. The van der Waals surface area contributed by atoms with E-state index in [-0.39, 0.29) is 11.9 Å². The number of hydrazone groups is 1. The predicted molar refractivity (Wildman–Crippen MR) is 97.2 cm³/mol. The molecule has 0 saturated heterocycles. The molecule has 134 valence electrons. The summed E-state index contributed by atoms with van der Waals surface area (Å²) in [6.07, 6.45) is 0.532. The Morgan fingerprint density at radius 1 is 1.12 bits per heavy atom. The number of amides is 1. The Morgan fingerprint density at radius 3 is 2.46 bits per heavy atom. The molecule has 0 unspecified atom stereocenters. The van der Waals surface area contributed by atoms with E-state index in [2.05, 4.69) is 5.10 Å². The molecule has 3 rings (SSSR count). The Labute approximate surface area is 152 Å². The summed E-state index contributed by atoms with van der Waals surface area (Å²) in [5.74, 6) is 0.372. The van der Waals surface area contributed by atoms with Crippen LogP contribution in [0.4, 0.5) is 0 Å². The highest BCUT2D eigenvalue weighted by Gasteiger charge is 2.32. The van der Waals surface area contributed by atoms with Crippen LogP contribution in [0.5, 0.6) is 11.5 Å². The minimum absolute atomic E-state index is 0.142. The maximum atomic E-state index is 12.1. The van der Waals surface area contributed by atoms with Crippen LogP contribution in [0, 0.1) is 0 Å². The van der Waals surface area contributed by atoms with Crippen molar-refractivity contribution in [3.8, 4) is 11.5 Å². The third kappa shape index (κ3) is 3.59. The molecule has 0 N–H and O–H groups in total. The average molecular weight is 352 g/mol. The topological polar surface area (TPSA) is 68.2 Å². The third-order valence-electron chi connectivity index (χ3n) is 4.17. The van der Waals surface area contributed by atoms with Crippen LogP contribution >= 0.6 is 0 Å². The number of carbonyl (C=O) groups excluding carboxylic acids is 2. The van der Waals surface area contributed by atoms with E-state index in [1.807, 2.05) is 30.3 Å². The Bertz CT molecular complexity index is 861. The lowest BCUT2D eigenvalue weighted by Gasteiger charge is -2.20. The summed E-state index contributed by atoms with van der Waals surface area (Å²) < 4.78 is 10.5. The largest absolute Gasteiger partial charge is 0.497 e. The zero-order chi connectivity index (χ0) is 18.7. The normalized spacial score (nSPS) is 16.2. The molecule has 1 amide bonds. The molecule has 1 aliphatic rings. The maximum absolute atomic E-state index is 12.1. The van der Waals surface area contributed by atoms with Crippen LogP contribution in [0.15, 0.2) is 53.6 Å². The smallest absolute Gasteiger partial charge is 0.308 e. The van der Waals surface area contributed by atoms with Crippen molar-refractivity contribution in [2.75, 3.05) is 7.11 Å². The van der Waals surface area contributed by atoms with E-state index in [4.69, 9.17) is 9.47 Å². The van der Waals surface area contributed by atoms with E-state index in [0.29, 0.717) is 29.2 Å². The quantitative estimate of drug-likeness (QED) is 0.625. The van der Waals surface area contributed by atoms with Crippen molar-refractivity contribution < 1.29 is 19.1 Å². The molecular weight excluding hydrogens is 332 g/mol. The van der Waals surface area contributed by atoms with Crippen molar-refractivity contribution in [1.82, 2.24) is 5.01 Å². The Morgan fingerprint density at radius 2 is 1.85 bits per heavy atom. The minimum Gasteiger partial charge on any atom is -0.497 e. The Hall–Kier alpha value is -3.15. The van der Waals surface area contributed by atoms with Gasteiger partial charge in [0.25, 0.3) is 0 Å². The molecule has 6 heteroatoms. The summed E-state index contributed by atoms with van der Waals surface area (Å²) >= 11 is 0. The minimum atomic E-state index is -0.430. The molecule has 1 atom stereocenters. The lowest BCUT2D eigenvalue weighted by atomic mass is 9.98. The molecule has 0 bridgehead atoms. The van der Waals surface area contributed by atoms with E-state index in [9.17, 15) is 9.59 Å². The van der Waals surface area contributed by atoms with E-state index in [1.54, 1.807) is 25.3 Å². The van der Waals surface area contributed by atoms with Crippen molar-refractivity contribution in [2.45, 2.75) is 26.3 Å². The highest BCUT2D eigenvalue weighted by Crippen LogP contribution is 2.36. The number of benzene rings is 2. The zero-order valence-electron chi connectivity index (χ0n) is 14.9. The number of esters is 1. The molecule has 0 aliphatic carbocycles. The number of ether oxygens (including phenoxy) is 2. The Kier molecular flexibility index (Phi) is 5.02. The van der Waals surface area contributed by atoms with Gasteiger partial charge in [-0.3, -0.25) is 9.59 Å². The molecule has 1 heterocycles. The first-order valence-electron chi connectivity index (χ1n) is 8.28. The third-order valence-corrected chi connectivity index (χ3v) is 4.17. The van der Waals surface area contributed by atoms with Crippen LogP contribution in [0.3, 0.4) is 0 Å². The van der Waals surface area contributed by atoms with Crippen molar-refractivity contribution in [2.24, 2.45) is 5.10 Å². The Balaban J connectivity index is 2.00. The molecule has 26 heavy (non-hydrogen) atoms. The number of methoxy groups -OCH3 is 1. The van der Waals surface area contributed by atoms with Crippen LogP contribution in [0.25, 0.3) is 0 Å². The lowest BCUT2D eigenvalue weighted by molar-refractivity contribution is -0.132. The number of hydrogen-bond acceptors (Lipinski definition) is 5. The van der Waals surface area contributed by atoms with Crippen LogP contribution in [0.2, 0.25) is 0 Å². The molecule has 1 aliphatic heterocycles. The number of rotatable bonds is 4. The molecule has 0 spiro atoms. The summed E-state index contributed by atoms with van der Waals surface area (Å²) in [5.41, 5.74) is 2.36. The SMILES string of the molecule is COc1ccc(C2=NN(C(C)=O)[C@@H](c3ccccc3)C2)c(OC(C)=O)c1. The van der Waals surface area contributed by atoms with Crippen LogP contribution in [-0.4, -0.2) is 29.7 Å². The van der Waals surface area contributed by atoms with E-state index < -0.39 is 5.97 Å². The van der Waals surface area contributed by atoms with Gasteiger partial charge in [-0.05, 0) is 17.7 Å². The van der Waals surface area contributed by atoms with Gasteiger partial charge >= 0.3 is 5.97 Å². The molecule has 6 nitrogen and oxygen atoms in total. The summed E-state index contributed by atoms with van der Waals surface area (Å²) in [5, 5.41) is 5.99. The standard InChI is InChI=1S/C20H20N2O4/c1-13(23)22-19(15-7-5-4-6-8-15)12-18(21-22)17-10-9-16(25-3)11-20(17)26-14(2)24/h4-11,19H,12H2,1-3H3/t19-/m1/s1. The predicted octanol–water partition coefficient (Wildman–Crippen LogP) is 3.32. The van der Waals surface area contributed by atoms with Gasteiger partial charge in [-0.15, -0.1) is 0 Å². The number of nitrogens with zero attached hydrogens (tertiary/aromatic N) is 2. The second-order valence-corrected chi connectivity index (χ2v) is 6.00. The van der Waals surface area contributed by atoms with Crippen molar-refractivity contribution in [3.63, 3.8) is 0 Å². The first-order chi connectivity index (χ1) is 12.5. The van der Waals surface area contributed by atoms with Crippen LogP contribution in [0.1, 0.15) is 37.4 Å². The van der Waals surface area contributed by atoms with Gasteiger partial charge in [-0.1, -0.05) is 30.3 Å². The van der Waals surface area contributed by atoms with Gasteiger partial charge in [0.1, 0.15) is 11.5 Å². The van der Waals surface area contributed by atoms with Gasteiger partial charge in [-0.2, -0.15) is 5.10 Å². The van der Waals surface area contributed by atoms with Gasteiger partial charge in [0.15, 0.2) is 0 Å². The van der Waals surface area contributed by atoms with Gasteiger partial charge in [0, 0.05) is 31.9 Å². The zero-order valence-corrected chi connectivity index (χ0v) is 14.9. The number of hydrogen-bond donors (Lipinski definition) is 0. The molecule has 0 saturated carbocycles. The highest BCUT2D eigenvalue weighted by molar-refractivity contribution is 6.05. The van der Waals surface area contributed by atoms with Crippen molar-refractivity contribution >= 4 is 17.6 Å². The molecular formula is C20H20N2O4. The van der Waals surface area contributed by atoms with Gasteiger partial charge in [-0.25, -0.2) is 5.01 Å². The summed E-state index contributed by atoms with van der Waals surface area (Å²) in [4.78, 5) is 23.6. The maximum Gasteiger partial charge on any atom is 0.308 e. The van der Waals surface area contributed by atoms with Gasteiger partial charge < -0.3 is 9.47 Å². The molecule has 0 radical (unpaired) electrons. The molecule has 0 fully saturated rings. The second kappa shape index (κ2) is 7.39. The van der Waals surface area contributed by atoms with Crippen molar-refractivity contribution in [1.29, 1.82) is 0 Å². The lowest BCUT2D eigenvalue weighted by Crippen LogP contribution is -2.24. The summed E-state index contributed by atoms with van der Waals surface area (Å²) in [6.45, 7) is 2.83. The first kappa shape index (κ1) is 17.7. The fraction of sp³-hybridized carbons (Fsp3) is 0.250. The van der Waals surface area contributed by atoms with E-state index in [1.165, 1.54) is 18.9 Å². The average Bonchev–Trinajstić information content (AvgIpc) is 3.07. The molecule has 0 aromatic heterocycles. The van der Waals surface area contributed by atoms with Gasteiger partial charge in [0.05, 0.1) is 18.9 Å². The number of carbonyl (C=O) groups is 2. The first-order valence-corrected chi connectivity index (χ1v) is 8.28. The summed E-state index contributed by atoms with van der Waals surface area (Å²) in [6, 6.07) is 14.8. The fourth-order valence-electron chi connectivity index (χ4n) is 3.01. The highest BCUT2D eigenvalue weighted by atomic mass is 16.5. The van der Waals surface area contributed by atoms with Gasteiger partial charge in [0.2, 0.25) is 5.91 Å². The van der Waals surface area contributed by atoms with Crippen LogP contribution in [-0.2, 0) is 9.59 Å². The van der Waals surface area contributed by atoms with E-state index >= 15 is 0 Å². The fourth-order valence-corrected chi connectivity index (χ4v) is 3.01. The van der Waals surface area contributed by atoms with E-state index in [0.717, 1.165) is 5.56 Å². The monoisotopic (exact) mass is 352 g/mol. The second-order valence-electron chi connectivity index (χ2n) is 6.00. The van der Waals surface area contributed by atoms with Crippen molar-refractivity contribution in [3.05, 3.63) is 59.7 Å². The van der Waals surface area contributed by atoms with Crippen LogP contribution < -0.4 is 9.47 Å². The summed E-state index contributed by atoms with van der Waals surface area (Å²) in [7, 11) is 1.54.